The van der Waals surface area contributed by atoms with Crippen LogP contribution in [0.5, 0.6) is 0 Å². The van der Waals surface area contributed by atoms with E-state index < -0.39 is 0 Å². The molecule has 3 aromatic rings. The number of aryl methyl sites for hydroxylation is 1. The van der Waals surface area contributed by atoms with E-state index >= 15 is 0 Å². The third kappa shape index (κ3) is 6.35. The second kappa shape index (κ2) is 11.7. The van der Waals surface area contributed by atoms with E-state index in [0.29, 0.717) is 12.5 Å². The molecule has 0 saturated heterocycles. The van der Waals surface area contributed by atoms with E-state index in [1.807, 2.05) is 23.1 Å². The molecule has 32 heavy (non-hydrogen) atoms. The summed E-state index contributed by atoms with van der Waals surface area (Å²) in [7, 11) is 0. The van der Waals surface area contributed by atoms with Gasteiger partial charge in [-0.2, -0.15) is 0 Å². The molecule has 1 aromatic heterocycles. The van der Waals surface area contributed by atoms with E-state index in [4.69, 9.17) is 0 Å². The Hall–Kier alpha value is -2.81. The summed E-state index contributed by atoms with van der Waals surface area (Å²) in [5.74, 6) is 0.489. The fourth-order valence-electron chi connectivity index (χ4n) is 4.02. The van der Waals surface area contributed by atoms with Crippen molar-refractivity contribution in [2.45, 2.75) is 72.5 Å². The van der Waals surface area contributed by atoms with Crippen LogP contribution in [0.1, 0.15) is 74.1 Å². The van der Waals surface area contributed by atoms with Crippen LogP contribution in [0.25, 0.3) is 0 Å². The average Bonchev–Trinajstić information content (AvgIpc) is 3.24. The molecule has 1 atom stereocenters. The largest absolute Gasteiger partial charge is 0.345 e. The summed E-state index contributed by atoms with van der Waals surface area (Å²) >= 11 is 0. The summed E-state index contributed by atoms with van der Waals surface area (Å²) in [6, 6.07) is 23.1. The number of benzene rings is 2. The molecule has 0 bridgehead atoms. The predicted octanol–water partition coefficient (Wildman–Crippen LogP) is 6.96. The second-order valence-electron chi connectivity index (χ2n) is 9.18. The highest BCUT2D eigenvalue weighted by Crippen LogP contribution is 2.20. The summed E-state index contributed by atoms with van der Waals surface area (Å²) in [6.45, 7) is 10.2. The Morgan fingerprint density at radius 1 is 0.875 bits per heavy atom. The van der Waals surface area contributed by atoms with Gasteiger partial charge in [-0.25, -0.2) is 0 Å². The van der Waals surface area contributed by atoms with Crippen LogP contribution < -0.4 is 0 Å². The first-order chi connectivity index (χ1) is 15.5. The maximum atomic E-state index is 13.6. The van der Waals surface area contributed by atoms with Gasteiger partial charge >= 0.3 is 0 Å². The molecule has 1 unspecified atom stereocenters. The molecular formula is C29H38N2O. The summed E-state index contributed by atoms with van der Waals surface area (Å²) in [6.07, 6.45) is 6.88. The van der Waals surface area contributed by atoms with Crippen LogP contribution in [-0.2, 0) is 19.5 Å². The van der Waals surface area contributed by atoms with Gasteiger partial charge in [0, 0.05) is 30.0 Å². The molecule has 0 aliphatic rings. The number of carbonyl (C=O) groups is 1. The molecule has 0 saturated carbocycles. The molecule has 1 amide bonds. The third-order valence-corrected chi connectivity index (χ3v) is 6.44. The minimum atomic E-state index is 0.110. The number of aromatic nitrogens is 1. The smallest absolute Gasteiger partial charge is 0.254 e. The molecule has 2 aromatic carbocycles. The summed E-state index contributed by atoms with van der Waals surface area (Å²) in [5, 5.41) is 0. The predicted molar refractivity (Wildman–Crippen MR) is 134 cm³/mol. The lowest BCUT2D eigenvalue weighted by Gasteiger charge is -2.32. The molecule has 3 nitrogen and oxygen atoms in total. The first-order valence-electron chi connectivity index (χ1n) is 12.1. The van der Waals surface area contributed by atoms with Crippen molar-refractivity contribution < 1.29 is 4.79 Å². The van der Waals surface area contributed by atoms with Gasteiger partial charge in [0.15, 0.2) is 0 Å². The monoisotopic (exact) mass is 430 g/mol. The van der Waals surface area contributed by atoms with Crippen molar-refractivity contribution in [2.75, 3.05) is 0 Å². The maximum absolute atomic E-state index is 13.6. The zero-order chi connectivity index (χ0) is 22.9. The summed E-state index contributed by atoms with van der Waals surface area (Å²) in [4.78, 5) is 15.6. The molecule has 170 valence electrons. The minimum Gasteiger partial charge on any atom is -0.345 e. The molecule has 3 rings (SSSR count). The molecule has 0 aliphatic heterocycles. The number of rotatable bonds is 11. The molecular weight excluding hydrogens is 392 g/mol. The maximum Gasteiger partial charge on any atom is 0.254 e. The van der Waals surface area contributed by atoms with Crippen molar-refractivity contribution >= 4 is 5.91 Å². The van der Waals surface area contributed by atoms with Gasteiger partial charge in [-0.3, -0.25) is 4.79 Å². The van der Waals surface area contributed by atoms with Crippen molar-refractivity contribution in [1.29, 1.82) is 0 Å². The van der Waals surface area contributed by atoms with E-state index in [2.05, 4.69) is 87.0 Å². The van der Waals surface area contributed by atoms with Gasteiger partial charge in [0.25, 0.3) is 5.91 Å². The van der Waals surface area contributed by atoms with Crippen LogP contribution >= 0.6 is 0 Å². The fraction of sp³-hybridized carbons (Fsp3) is 0.414. The molecule has 0 radical (unpaired) electrons. The molecule has 0 spiro atoms. The van der Waals surface area contributed by atoms with Crippen molar-refractivity contribution in [3.63, 3.8) is 0 Å². The Bertz CT molecular complexity index is 956. The normalized spacial score (nSPS) is 12.2. The van der Waals surface area contributed by atoms with E-state index in [0.717, 1.165) is 24.2 Å². The average molecular weight is 431 g/mol. The number of hydrogen-bond acceptors (Lipinski definition) is 1. The highest BCUT2D eigenvalue weighted by Gasteiger charge is 2.25. The fourth-order valence-corrected chi connectivity index (χ4v) is 4.02. The van der Waals surface area contributed by atoms with Gasteiger partial charge in [-0.1, -0.05) is 76.1 Å². The molecule has 3 heteroatoms. The zero-order valence-electron chi connectivity index (χ0n) is 20.1. The lowest BCUT2D eigenvalue weighted by molar-refractivity contribution is 0.0622. The summed E-state index contributed by atoms with van der Waals surface area (Å²) in [5.41, 5.74) is 4.51. The topological polar surface area (TPSA) is 25.2 Å². The van der Waals surface area contributed by atoms with Crippen LogP contribution in [-0.4, -0.2) is 21.4 Å². The van der Waals surface area contributed by atoms with Gasteiger partial charge in [-0.05, 0) is 61.1 Å². The molecule has 0 aliphatic carbocycles. The minimum absolute atomic E-state index is 0.110. The Labute approximate surface area is 194 Å². The van der Waals surface area contributed by atoms with Crippen LogP contribution in [0.3, 0.4) is 0 Å². The van der Waals surface area contributed by atoms with Gasteiger partial charge in [0.2, 0.25) is 0 Å². The lowest BCUT2D eigenvalue weighted by Crippen LogP contribution is -2.41. The summed E-state index contributed by atoms with van der Waals surface area (Å²) < 4.78 is 2.25. The lowest BCUT2D eigenvalue weighted by atomic mass is 10.0. The van der Waals surface area contributed by atoms with E-state index in [1.54, 1.807) is 0 Å². The first kappa shape index (κ1) is 23.8. The number of hydrogen-bond donors (Lipinski definition) is 0. The Balaban J connectivity index is 1.77. The zero-order valence-corrected chi connectivity index (χ0v) is 20.1. The Morgan fingerprint density at radius 2 is 1.59 bits per heavy atom. The highest BCUT2D eigenvalue weighted by atomic mass is 16.2. The molecule has 1 heterocycles. The number of carbonyl (C=O) groups excluding carboxylic acids is 1. The van der Waals surface area contributed by atoms with Gasteiger partial charge in [0.1, 0.15) is 0 Å². The number of unbranched alkanes of at least 4 members (excludes halogenated alkanes) is 2. The van der Waals surface area contributed by atoms with Crippen molar-refractivity contribution in [3.05, 3.63) is 95.3 Å². The quantitative estimate of drug-likeness (QED) is 0.302. The Morgan fingerprint density at radius 3 is 2.25 bits per heavy atom. The number of amides is 1. The van der Waals surface area contributed by atoms with Crippen LogP contribution in [0, 0.1) is 5.92 Å². The van der Waals surface area contributed by atoms with Crippen molar-refractivity contribution in [3.8, 4) is 0 Å². The van der Waals surface area contributed by atoms with Crippen LogP contribution in [0.15, 0.2) is 72.9 Å². The molecule has 0 N–H and O–H groups in total. The SMILES string of the molecule is CCCCCc1ccc(C(=O)N(Cc2cccn2Cc2ccccc2)C(C)C(C)C)cc1. The van der Waals surface area contributed by atoms with Gasteiger partial charge in [-0.15, -0.1) is 0 Å². The Kier molecular flexibility index (Phi) is 8.72. The van der Waals surface area contributed by atoms with Gasteiger partial charge in [0.05, 0.1) is 6.54 Å². The number of nitrogens with zero attached hydrogens (tertiary/aromatic N) is 2. The second-order valence-corrected chi connectivity index (χ2v) is 9.18. The van der Waals surface area contributed by atoms with Gasteiger partial charge < -0.3 is 9.47 Å². The van der Waals surface area contributed by atoms with Crippen molar-refractivity contribution in [2.24, 2.45) is 5.92 Å². The van der Waals surface area contributed by atoms with E-state index in [9.17, 15) is 4.79 Å². The molecule has 0 fully saturated rings. The first-order valence-corrected chi connectivity index (χ1v) is 12.1. The standard InChI is InChI=1S/C29H38N2O/c1-5-6-8-12-25-16-18-27(19-17-25)29(32)31(24(4)23(2)3)22-28-15-11-20-30(28)21-26-13-9-7-10-14-26/h7,9-11,13-20,23-24H,5-6,8,12,21-22H2,1-4H3. The van der Waals surface area contributed by atoms with E-state index in [1.165, 1.54) is 30.4 Å². The third-order valence-electron chi connectivity index (χ3n) is 6.44. The van der Waals surface area contributed by atoms with E-state index in [-0.39, 0.29) is 11.9 Å². The van der Waals surface area contributed by atoms with Crippen LogP contribution in [0.2, 0.25) is 0 Å². The van der Waals surface area contributed by atoms with Crippen molar-refractivity contribution in [1.82, 2.24) is 9.47 Å². The highest BCUT2D eigenvalue weighted by molar-refractivity contribution is 5.94. The van der Waals surface area contributed by atoms with Crippen LogP contribution in [0.4, 0.5) is 0 Å².